The fourth-order valence-electron chi connectivity index (χ4n) is 2.76. The van der Waals surface area contributed by atoms with Crippen molar-refractivity contribution in [2.45, 2.75) is 18.9 Å². The van der Waals surface area contributed by atoms with E-state index in [0.29, 0.717) is 19.3 Å². The number of rotatable bonds is 8. The molecule has 1 heterocycles. The molecule has 1 aliphatic heterocycles. The Morgan fingerprint density at radius 1 is 1.25 bits per heavy atom. The highest BCUT2D eigenvalue weighted by atomic mass is 16.5. The lowest BCUT2D eigenvalue weighted by Crippen LogP contribution is -2.35. The number of ether oxygens (including phenoxy) is 2. The Hall–Kier alpha value is -1.10. The normalized spacial score (nSPS) is 18.1. The Bertz CT molecular complexity index is 398. The Morgan fingerprint density at radius 2 is 2.10 bits per heavy atom. The van der Waals surface area contributed by atoms with Crippen molar-refractivity contribution in [3.8, 4) is 0 Å². The molecular weight excluding hydrogens is 252 g/mol. The number of benzene rings is 1. The van der Waals surface area contributed by atoms with Crippen LogP contribution >= 0.6 is 0 Å². The van der Waals surface area contributed by atoms with Gasteiger partial charge < -0.3 is 19.7 Å². The number of hydrogen-bond donors (Lipinski definition) is 1. The van der Waals surface area contributed by atoms with Crippen LogP contribution in [0.5, 0.6) is 0 Å². The van der Waals surface area contributed by atoms with E-state index in [9.17, 15) is 0 Å². The SMILES string of the molecule is CNC1CCN(CCCOCCOC)c2ccccc21. The van der Waals surface area contributed by atoms with Crippen LogP contribution in [-0.4, -0.2) is 47.1 Å². The molecular formula is C16H26N2O2. The molecule has 112 valence electrons. The first kappa shape index (κ1) is 15.3. The zero-order chi connectivity index (χ0) is 14.2. The van der Waals surface area contributed by atoms with Crippen molar-refractivity contribution in [3.05, 3.63) is 29.8 Å². The molecule has 1 atom stereocenters. The fourth-order valence-corrected chi connectivity index (χ4v) is 2.76. The molecule has 0 radical (unpaired) electrons. The van der Waals surface area contributed by atoms with Crippen molar-refractivity contribution >= 4 is 5.69 Å². The minimum absolute atomic E-state index is 0.486. The van der Waals surface area contributed by atoms with Crippen LogP contribution in [0.25, 0.3) is 0 Å². The van der Waals surface area contributed by atoms with Gasteiger partial charge in [-0.25, -0.2) is 0 Å². The molecule has 1 N–H and O–H groups in total. The molecule has 1 aliphatic rings. The highest BCUT2D eigenvalue weighted by molar-refractivity contribution is 5.56. The van der Waals surface area contributed by atoms with Crippen LogP contribution in [0, 0.1) is 0 Å². The first-order valence-corrected chi connectivity index (χ1v) is 7.44. The smallest absolute Gasteiger partial charge is 0.0700 e. The average molecular weight is 278 g/mol. The molecule has 2 rings (SSSR count). The van der Waals surface area contributed by atoms with Gasteiger partial charge in [-0.05, 0) is 31.5 Å². The molecule has 0 saturated heterocycles. The van der Waals surface area contributed by atoms with Crippen molar-refractivity contribution in [1.29, 1.82) is 0 Å². The van der Waals surface area contributed by atoms with Gasteiger partial charge in [0.2, 0.25) is 0 Å². The van der Waals surface area contributed by atoms with Gasteiger partial charge in [-0.3, -0.25) is 0 Å². The molecule has 0 bridgehead atoms. The average Bonchev–Trinajstić information content (AvgIpc) is 2.50. The van der Waals surface area contributed by atoms with Crippen molar-refractivity contribution in [2.75, 3.05) is 52.0 Å². The van der Waals surface area contributed by atoms with Gasteiger partial charge in [-0.15, -0.1) is 0 Å². The standard InChI is InChI=1S/C16H26N2O2/c1-17-15-8-10-18(9-5-11-20-13-12-19-2)16-7-4-3-6-14(15)16/h3-4,6-7,15,17H,5,8-13H2,1-2H3. The molecule has 0 saturated carbocycles. The molecule has 4 heteroatoms. The molecule has 0 amide bonds. The fraction of sp³-hybridized carbons (Fsp3) is 0.625. The lowest BCUT2D eigenvalue weighted by molar-refractivity contribution is 0.0700. The number of hydrogen-bond acceptors (Lipinski definition) is 4. The summed E-state index contributed by atoms with van der Waals surface area (Å²) in [7, 11) is 3.74. The summed E-state index contributed by atoms with van der Waals surface area (Å²) in [6.45, 7) is 4.34. The Labute approximate surface area is 122 Å². The number of methoxy groups -OCH3 is 1. The van der Waals surface area contributed by atoms with Crippen LogP contribution in [-0.2, 0) is 9.47 Å². The van der Waals surface area contributed by atoms with Crippen molar-refractivity contribution in [3.63, 3.8) is 0 Å². The van der Waals surface area contributed by atoms with E-state index in [1.807, 2.05) is 7.05 Å². The van der Waals surface area contributed by atoms with Crippen molar-refractivity contribution in [2.24, 2.45) is 0 Å². The number of anilines is 1. The predicted octanol–water partition coefficient (Wildman–Crippen LogP) is 2.21. The molecule has 1 aromatic rings. The van der Waals surface area contributed by atoms with Crippen LogP contribution in [0.1, 0.15) is 24.4 Å². The van der Waals surface area contributed by atoms with Gasteiger partial charge in [0.15, 0.2) is 0 Å². The van der Waals surface area contributed by atoms with E-state index in [1.54, 1.807) is 7.11 Å². The number of nitrogens with one attached hydrogen (secondary N) is 1. The van der Waals surface area contributed by atoms with E-state index in [0.717, 1.165) is 32.5 Å². The third kappa shape index (κ3) is 3.95. The molecule has 4 nitrogen and oxygen atoms in total. The summed E-state index contributed by atoms with van der Waals surface area (Å²) in [5, 5.41) is 3.41. The molecule has 1 unspecified atom stereocenters. The Morgan fingerprint density at radius 3 is 2.90 bits per heavy atom. The lowest BCUT2D eigenvalue weighted by Gasteiger charge is -2.35. The van der Waals surface area contributed by atoms with Gasteiger partial charge in [-0.2, -0.15) is 0 Å². The molecule has 0 aromatic heterocycles. The van der Waals surface area contributed by atoms with Crippen LogP contribution in [0.3, 0.4) is 0 Å². The van der Waals surface area contributed by atoms with Crippen molar-refractivity contribution < 1.29 is 9.47 Å². The van der Waals surface area contributed by atoms with E-state index in [4.69, 9.17) is 9.47 Å². The van der Waals surface area contributed by atoms with Gasteiger partial charge in [0.05, 0.1) is 13.2 Å². The highest BCUT2D eigenvalue weighted by Gasteiger charge is 2.22. The third-order valence-corrected chi connectivity index (χ3v) is 3.84. The van der Waals surface area contributed by atoms with Gasteiger partial charge in [0.1, 0.15) is 0 Å². The maximum atomic E-state index is 5.53. The van der Waals surface area contributed by atoms with E-state index in [2.05, 4.69) is 34.5 Å². The summed E-state index contributed by atoms with van der Waals surface area (Å²) in [6, 6.07) is 9.20. The zero-order valence-electron chi connectivity index (χ0n) is 12.6. The van der Waals surface area contributed by atoms with Crippen LogP contribution in [0.2, 0.25) is 0 Å². The van der Waals surface area contributed by atoms with E-state index in [1.165, 1.54) is 11.3 Å². The maximum Gasteiger partial charge on any atom is 0.0700 e. The summed E-state index contributed by atoms with van der Waals surface area (Å²) in [5.41, 5.74) is 2.79. The number of fused-ring (bicyclic) bond motifs is 1. The molecule has 0 fully saturated rings. The maximum absolute atomic E-state index is 5.53. The number of para-hydroxylation sites is 1. The van der Waals surface area contributed by atoms with Crippen LogP contribution in [0.15, 0.2) is 24.3 Å². The van der Waals surface area contributed by atoms with Crippen LogP contribution in [0.4, 0.5) is 5.69 Å². The van der Waals surface area contributed by atoms with Gasteiger partial charge in [-0.1, -0.05) is 18.2 Å². The second-order valence-corrected chi connectivity index (χ2v) is 5.13. The highest BCUT2D eigenvalue weighted by Crippen LogP contribution is 2.33. The third-order valence-electron chi connectivity index (χ3n) is 3.84. The van der Waals surface area contributed by atoms with Gasteiger partial charge >= 0.3 is 0 Å². The van der Waals surface area contributed by atoms with Gasteiger partial charge in [0, 0.05) is 38.5 Å². The summed E-state index contributed by atoms with van der Waals surface area (Å²) in [5.74, 6) is 0. The lowest BCUT2D eigenvalue weighted by atomic mass is 9.96. The minimum atomic E-state index is 0.486. The molecule has 0 aliphatic carbocycles. The topological polar surface area (TPSA) is 33.7 Å². The number of nitrogens with zero attached hydrogens (tertiary/aromatic N) is 1. The van der Waals surface area contributed by atoms with Gasteiger partial charge in [0.25, 0.3) is 0 Å². The molecule has 1 aromatic carbocycles. The summed E-state index contributed by atoms with van der Waals surface area (Å²) < 4.78 is 10.5. The summed E-state index contributed by atoms with van der Waals surface area (Å²) >= 11 is 0. The zero-order valence-corrected chi connectivity index (χ0v) is 12.6. The quantitative estimate of drug-likeness (QED) is 0.739. The predicted molar refractivity (Wildman–Crippen MR) is 82.4 cm³/mol. The Kier molecular flexibility index (Phi) is 6.30. The molecule has 20 heavy (non-hydrogen) atoms. The van der Waals surface area contributed by atoms with Crippen molar-refractivity contribution in [1.82, 2.24) is 5.32 Å². The molecule has 0 spiro atoms. The van der Waals surface area contributed by atoms with E-state index < -0.39 is 0 Å². The van der Waals surface area contributed by atoms with E-state index in [-0.39, 0.29) is 0 Å². The van der Waals surface area contributed by atoms with Crippen LogP contribution < -0.4 is 10.2 Å². The van der Waals surface area contributed by atoms with E-state index >= 15 is 0 Å². The summed E-state index contributed by atoms with van der Waals surface area (Å²) in [4.78, 5) is 2.48. The largest absolute Gasteiger partial charge is 0.382 e. The summed E-state index contributed by atoms with van der Waals surface area (Å²) in [6.07, 6.45) is 2.22. The first-order valence-electron chi connectivity index (χ1n) is 7.44. The monoisotopic (exact) mass is 278 g/mol. The minimum Gasteiger partial charge on any atom is -0.382 e. The first-order chi connectivity index (χ1) is 9.86. The second-order valence-electron chi connectivity index (χ2n) is 5.13. The Balaban J connectivity index is 1.84. The second kappa shape index (κ2) is 8.25.